The van der Waals surface area contributed by atoms with E-state index in [0.717, 1.165) is 11.3 Å². The van der Waals surface area contributed by atoms with Gasteiger partial charge < -0.3 is 43.8 Å². The number of para-hydroxylation sites is 1. The molecule has 0 heterocycles. The normalized spacial score (nSPS) is 11.3. The van der Waals surface area contributed by atoms with Gasteiger partial charge in [-0.3, -0.25) is 9.59 Å². The summed E-state index contributed by atoms with van der Waals surface area (Å²) < 4.78 is 27.7. The highest BCUT2D eigenvalue weighted by molar-refractivity contribution is 6.30. The van der Waals surface area contributed by atoms with Crippen molar-refractivity contribution in [3.8, 4) is 17.2 Å². The van der Waals surface area contributed by atoms with Crippen molar-refractivity contribution in [3.05, 3.63) is 82.4 Å². The lowest BCUT2D eigenvalue weighted by molar-refractivity contribution is -0.143. The van der Waals surface area contributed by atoms with Gasteiger partial charge in [-0.1, -0.05) is 37.6 Å². The number of carbonyl (C=O) groups is 4. The molecule has 2 N–H and O–H groups in total. The summed E-state index contributed by atoms with van der Waals surface area (Å²) in [5.74, 6) is 0.356. The number of aromatic carboxylic acids is 1. The molecule has 0 fully saturated rings. The van der Waals surface area contributed by atoms with E-state index < -0.39 is 12.1 Å². The van der Waals surface area contributed by atoms with Crippen LogP contribution in [-0.2, 0) is 23.9 Å². The van der Waals surface area contributed by atoms with E-state index in [9.17, 15) is 19.2 Å². The minimum Gasteiger partial charge on any atom is -0.494 e. The lowest BCUT2D eigenvalue weighted by Crippen LogP contribution is -2.36. The Labute approximate surface area is 298 Å². The summed E-state index contributed by atoms with van der Waals surface area (Å²) in [5.41, 5.74) is 2.24. The predicted octanol–water partition coefficient (Wildman–Crippen LogP) is 5.98. The molecule has 0 aromatic heterocycles. The van der Waals surface area contributed by atoms with Crippen molar-refractivity contribution in [1.82, 2.24) is 5.32 Å². The number of carboxylic acids is 1. The highest BCUT2D eigenvalue weighted by atomic mass is 35.5. The molecule has 0 aliphatic carbocycles. The molecule has 0 aliphatic heterocycles. The Bertz CT molecular complexity index is 1560. The van der Waals surface area contributed by atoms with Crippen LogP contribution in [-0.4, -0.2) is 83.4 Å². The molecule has 50 heavy (non-hydrogen) atoms. The van der Waals surface area contributed by atoms with Crippen LogP contribution in [0.15, 0.2) is 60.7 Å². The van der Waals surface area contributed by atoms with E-state index in [0.29, 0.717) is 60.2 Å². The van der Waals surface area contributed by atoms with Gasteiger partial charge in [-0.2, -0.15) is 0 Å². The Kier molecular flexibility index (Phi) is 17.1. The van der Waals surface area contributed by atoms with Crippen molar-refractivity contribution in [2.45, 2.75) is 40.2 Å². The third kappa shape index (κ3) is 13.6. The summed E-state index contributed by atoms with van der Waals surface area (Å²) in [5, 5.41) is 11.9. The fourth-order valence-corrected chi connectivity index (χ4v) is 5.15. The number of ether oxygens (including phenoxy) is 5. The van der Waals surface area contributed by atoms with E-state index in [1.54, 1.807) is 38.5 Å². The number of carbonyl (C=O) groups excluding carboxylic acids is 3. The number of nitrogens with zero attached hydrogens (tertiary/aromatic N) is 1. The van der Waals surface area contributed by atoms with Gasteiger partial charge in [-0.05, 0) is 55.0 Å². The lowest BCUT2D eigenvalue weighted by Gasteiger charge is -2.33. The number of rotatable bonds is 18. The average molecular weight is 715 g/mol. The van der Waals surface area contributed by atoms with Gasteiger partial charge >= 0.3 is 11.9 Å². The Hall–Kier alpha value is -4.81. The number of aldehydes is 1. The van der Waals surface area contributed by atoms with Crippen LogP contribution in [0.3, 0.4) is 0 Å². The molecule has 1 unspecified atom stereocenters. The third-order valence-electron chi connectivity index (χ3n) is 7.13. The Balaban J connectivity index is 0.000000428. The number of nitrogens with one attached hydrogen (secondary N) is 1. The zero-order valence-electron chi connectivity index (χ0n) is 29.6. The molecule has 3 aromatic carbocycles. The minimum atomic E-state index is -0.956. The van der Waals surface area contributed by atoms with Crippen LogP contribution in [0.5, 0.6) is 17.2 Å². The zero-order chi connectivity index (χ0) is 37.3. The maximum atomic E-state index is 11.3. The number of hydrogen-bond acceptors (Lipinski definition) is 10. The highest BCUT2D eigenvalue weighted by Gasteiger charge is 2.28. The van der Waals surface area contributed by atoms with Crippen molar-refractivity contribution in [3.63, 3.8) is 0 Å². The van der Waals surface area contributed by atoms with E-state index in [1.807, 2.05) is 45.2 Å². The molecule has 3 aromatic rings. The van der Waals surface area contributed by atoms with Crippen LogP contribution in [0.25, 0.3) is 0 Å². The summed E-state index contributed by atoms with van der Waals surface area (Å²) in [6.07, 6.45) is 0.767. The monoisotopic (exact) mass is 714 g/mol. The summed E-state index contributed by atoms with van der Waals surface area (Å²) in [6.45, 7) is 8.71. The molecule has 0 radical (unpaired) electrons. The number of hydrogen-bond donors (Lipinski definition) is 2. The predicted molar refractivity (Wildman–Crippen MR) is 191 cm³/mol. The quantitative estimate of drug-likeness (QED) is 0.0911. The summed E-state index contributed by atoms with van der Waals surface area (Å²) in [6, 6.07) is 17.2. The van der Waals surface area contributed by atoms with Gasteiger partial charge in [0.15, 0.2) is 11.5 Å². The highest BCUT2D eigenvalue weighted by Crippen LogP contribution is 2.42. The minimum absolute atomic E-state index is 0.0594. The maximum absolute atomic E-state index is 11.3. The number of benzene rings is 3. The van der Waals surface area contributed by atoms with Gasteiger partial charge in [0.05, 0.1) is 33.0 Å². The van der Waals surface area contributed by atoms with Crippen LogP contribution >= 0.6 is 11.6 Å². The number of anilines is 1. The van der Waals surface area contributed by atoms with Gasteiger partial charge in [0.2, 0.25) is 5.91 Å². The molecule has 3 rings (SSSR count). The van der Waals surface area contributed by atoms with Crippen molar-refractivity contribution in [2.75, 3.05) is 59.1 Å². The largest absolute Gasteiger partial charge is 0.494 e. The van der Waals surface area contributed by atoms with Crippen LogP contribution in [0.1, 0.15) is 61.7 Å². The fraction of sp³-hybridized carbons (Fsp3) is 0.405. The standard InChI is InChI=1S/C25H32ClNO6.C12H15NO4/c1-17(29)33-16-25(2,3)15-27(4)21-11-10-18(26)14-20(21)23(32-13-12-28)19-8-7-9-22(30-5)24(19)31-6;1-9(14)13-7-2-8-17-11-5-3-10(4-6-11)12(15)16/h7-12,14,23H,13,15-16H2,1-6H3;3-6H,2,7-8H2,1H3,(H,13,14)(H,15,16). The molecule has 0 saturated carbocycles. The third-order valence-corrected chi connectivity index (χ3v) is 7.36. The van der Waals surface area contributed by atoms with E-state index in [4.69, 9.17) is 40.4 Å². The van der Waals surface area contributed by atoms with Crippen LogP contribution in [0.2, 0.25) is 5.02 Å². The molecule has 12 nitrogen and oxygen atoms in total. The summed E-state index contributed by atoms with van der Waals surface area (Å²) in [4.78, 5) is 45.7. The molecule has 1 atom stereocenters. The first-order valence-electron chi connectivity index (χ1n) is 15.8. The average Bonchev–Trinajstić information content (AvgIpc) is 3.07. The smallest absolute Gasteiger partial charge is 0.335 e. The molecule has 272 valence electrons. The van der Waals surface area contributed by atoms with Crippen molar-refractivity contribution >= 4 is 41.4 Å². The lowest BCUT2D eigenvalue weighted by atomic mass is 9.92. The first kappa shape index (κ1) is 41.4. The maximum Gasteiger partial charge on any atom is 0.335 e. The molecular weight excluding hydrogens is 668 g/mol. The molecule has 1 amide bonds. The van der Waals surface area contributed by atoms with E-state index in [1.165, 1.54) is 26.0 Å². The first-order valence-corrected chi connectivity index (χ1v) is 16.2. The van der Waals surface area contributed by atoms with Crippen LogP contribution in [0, 0.1) is 5.41 Å². The van der Waals surface area contributed by atoms with Crippen molar-refractivity contribution in [2.24, 2.45) is 5.41 Å². The fourth-order valence-electron chi connectivity index (χ4n) is 4.97. The number of carboxylic acid groups (broad SMARTS) is 1. The molecule has 0 saturated heterocycles. The van der Waals surface area contributed by atoms with Crippen LogP contribution in [0.4, 0.5) is 5.69 Å². The van der Waals surface area contributed by atoms with Crippen molar-refractivity contribution < 1.29 is 48.0 Å². The zero-order valence-corrected chi connectivity index (χ0v) is 30.4. The second kappa shape index (κ2) is 20.6. The van der Waals surface area contributed by atoms with Gasteiger partial charge in [-0.15, -0.1) is 0 Å². The molecule has 13 heteroatoms. The number of methoxy groups -OCH3 is 2. The van der Waals surface area contributed by atoms with E-state index in [2.05, 4.69) is 10.2 Å². The van der Waals surface area contributed by atoms with Gasteiger partial charge in [-0.25, -0.2) is 4.79 Å². The van der Waals surface area contributed by atoms with Crippen LogP contribution < -0.4 is 24.4 Å². The van der Waals surface area contributed by atoms with Crippen molar-refractivity contribution in [1.29, 1.82) is 0 Å². The molecular formula is C37H47ClN2O10. The Morgan fingerprint density at radius 1 is 1.00 bits per heavy atom. The molecule has 0 spiro atoms. The second-order valence-electron chi connectivity index (χ2n) is 12.0. The van der Waals surface area contributed by atoms with Gasteiger partial charge in [0, 0.05) is 61.2 Å². The summed E-state index contributed by atoms with van der Waals surface area (Å²) >= 11 is 6.38. The molecule has 0 aliphatic rings. The Morgan fingerprint density at radius 3 is 2.28 bits per heavy atom. The number of amides is 1. The Morgan fingerprint density at radius 2 is 1.70 bits per heavy atom. The van der Waals surface area contributed by atoms with Gasteiger partial charge in [0.25, 0.3) is 0 Å². The first-order chi connectivity index (χ1) is 23.7. The second-order valence-corrected chi connectivity index (χ2v) is 12.4. The number of halogens is 1. The van der Waals surface area contributed by atoms with E-state index >= 15 is 0 Å². The van der Waals surface area contributed by atoms with E-state index in [-0.39, 0.29) is 36.1 Å². The topological polar surface area (TPSA) is 150 Å². The number of esters is 1. The molecule has 0 bridgehead atoms. The summed E-state index contributed by atoms with van der Waals surface area (Å²) in [7, 11) is 5.06. The SMILES string of the molecule is CC(=O)NCCCOc1ccc(C(=O)O)cc1.COc1cccc(C(OCC=O)c2cc(Cl)ccc2N(C)CC(C)(C)COC(C)=O)c1OC. The van der Waals surface area contributed by atoms with Gasteiger partial charge in [0.1, 0.15) is 24.7 Å².